The lowest BCUT2D eigenvalue weighted by Crippen LogP contribution is -2.36. The van der Waals surface area contributed by atoms with Crippen molar-refractivity contribution < 1.29 is 9.90 Å². The summed E-state index contributed by atoms with van der Waals surface area (Å²) in [6, 6.07) is 4.05. The van der Waals surface area contributed by atoms with E-state index in [-0.39, 0.29) is 0 Å². The average Bonchev–Trinajstić information content (AvgIpc) is 2.30. The molecule has 1 aliphatic heterocycles. The number of likely N-dealkylation sites (tertiary alicyclic amines) is 1. The van der Waals surface area contributed by atoms with E-state index in [1.165, 1.54) is 10.5 Å². The minimum absolute atomic E-state index is 0.462. The van der Waals surface area contributed by atoms with Gasteiger partial charge >= 0.3 is 6.09 Å². The monoisotopic (exact) mass is 220 g/mol. The highest BCUT2D eigenvalue weighted by Crippen LogP contribution is 2.29. The van der Waals surface area contributed by atoms with Crippen LogP contribution in [0.15, 0.2) is 18.3 Å². The number of nitrogens with zero attached hydrogens (tertiary/aromatic N) is 2. The van der Waals surface area contributed by atoms with Crippen LogP contribution < -0.4 is 0 Å². The second-order valence-corrected chi connectivity index (χ2v) is 4.22. The molecular formula is C12H16N2O2. The Labute approximate surface area is 94.9 Å². The summed E-state index contributed by atoms with van der Waals surface area (Å²) in [7, 11) is 0. The molecule has 0 unspecified atom stereocenters. The van der Waals surface area contributed by atoms with Gasteiger partial charge in [-0.15, -0.1) is 0 Å². The summed E-state index contributed by atoms with van der Waals surface area (Å²) in [6.07, 6.45) is 2.80. The Bertz CT molecular complexity index is 384. The van der Waals surface area contributed by atoms with Gasteiger partial charge in [0.2, 0.25) is 0 Å². The SMILES string of the molecule is Cc1ncccc1C1CCN(C(=O)O)CC1. The minimum atomic E-state index is -0.804. The number of aryl methyl sites for hydroxylation is 1. The van der Waals surface area contributed by atoms with Gasteiger partial charge in [-0.05, 0) is 37.3 Å². The molecule has 86 valence electrons. The first-order valence-corrected chi connectivity index (χ1v) is 5.58. The van der Waals surface area contributed by atoms with Crippen LogP contribution in [0.5, 0.6) is 0 Å². The third kappa shape index (κ3) is 2.15. The van der Waals surface area contributed by atoms with Gasteiger partial charge in [-0.1, -0.05) is 6.07 Å². The summed E-state index contributed by atoms with van der Waals surface area (Å²) in [6.45, 7) is 3.28. The van der Waals surface area contributed by atoms with Crippen LogP contribution in [-0.2, 0) is 0 Å². The van der Waals surface area contributed by atoms with Gasteiger partial charge in [-0.3, -0.25) is 4.98 Å². The standard InChI is InChI=1S/C12H16N2O2/c1-9-11(3-2-6-13-9)10-4-7-14(8-5-10)12(15)16/h2-3,6,10H,4-5,7-8H2,1H3,(H,15,16). The van der Waals surface area contributed by atoms with Gasteiger partial charge in [0.15, 0.2) is 0 Å². The van der Waals surface area contributed by atoms with Crippen LogP contribution in [-0.4, -0.2) is 34.2 Å². The zero-order valence-corrected chi connectivity index (χ0v) is 9.39. The highest BCUT2D eigenvalue weighted by Gasteiger charge is 2.24. The predicted molar refractivity (Wildman–Crippen MR) is 60.5 cm³/mol. The summed E-state index contributed by atoms with van der Waals surface area (Å²) in [5.41, 5.74) is 2.34. The molecular weight excluding hydrogens is 204 g/mol. The summed E-state index contributed by atoms with van der Waals surface area (Å²) in [4.78, 5) is 16.5. The van der Waals surface area contributed by atoms with E-state index in [1.807, 2.05) is 13.0 Å². The van der Waals surface area contributed by atoms with Crippen LogP contribution in [0.3, 0.4) is 0 Å². The maximum absolute atomic E-state index is 10.8. The number of carboxylic acid groups (broad SMARTS) is 1. The van der Waals surface area contributed by atoms with E-state index in [2.05, 4.69) is 11.1 Å². The first-order valence-electron chi connectivity index (χ1n) is 5.58. The Hall–Kier alpha value is -1.58. The van der Waals surface area contributed by atoms with Gasteiger partial charge in [-0.25, -0.2) is 4.79 Å². The van der Waals surface area contributed by atoms with Crippen molar-refractivity contribution in [3.8, 4) is 0 Å². The molecule has 1 saturated heterocycles. The lowest BCUT2D eigenvalue weighted by atomic mass is 9.89. The molecule has 4 heteroatoms. The molecule has 0 aromatic carbocycles. The Kier molecular flexibility index (Phi) is 3.08. The van der Waals surface area contributed by atoms with Crippen LogP contribution in [0.1, 0.15) is 30.0 Å². The Balaban J connectivity index is 2.05. The van der Waals surface area contributed by atoms with Crippen LogP contribution in [0, 0.1) is 6.92 Å². The number of aromatic nitrogens is 1. The topological polar surface area (TPSA) is 53.4 Å². The predicted octanol–water partition coefficient (Wildman–Crippen LogP) is 2.25. The smallest absolute Gasteiger partial charge is 0.407 e. The van der Waals surface area contributed by atoms with Crippen molar-refractivity contribution in [2.45, 2.75) is 25.7 Å². The number of hydrogen-bond acceptors (Lipinski definition) is 2. The Morgan fingerprint density at radius 3 is 2.75 bits per heavy atom. The molecule has 1 N–H and O–H groups in total. The number of hydrogen-bond donors (Lipinski definition) is 1. The first kappa shape index (κ1) is 10.9. The lowest BCUT2D eigenvalue weighted by Gasteiger charge is -2.30. The first-order chi connectivity index (χ1) is 7.68. The number of amides is 1. The van der Waals surface area contributed by atoms with Gasteiger partial charge in [0.05, 0.1) is 0 Å². The molecule has 0 saturated carbocycles. The average molecular weight is 220 g/mol. The molecule has 1 fully saturated rings. The molecule has 16 heavy (non-hydrogen) atoms. The highest BCUT2D eigenvalue weighted by molar-refractivity contribution is 5.65. The van der Waals surface area contributed by atoms with E-state index < -0.39 is 6.09 Å². The van der Waals surface area contributed by atoms with Gasteiger partial charge in [0.1, 0.15) is 0 Å². The van der Waals surface area contributed by atoms with E-state index in [4.69, 9.17) is 5.11 Å². The third-order valence-corrected chi connectivity index (χ3v) is 3.25. The fourth-order valence-electron chi connectivity index (χ4n) is 2.31. The molecule has 1 aromatic heterocycles. The second kappa shape index (κ2) is 4.51. The van der Waals surface area contributed by atoms with Crippen molar-refractivity contribution in [3.63, 3.8) is 0 Å². The highest BCUT2D eigenvalue weighted by atomic mass is 16.4. The summed E-state index contributed by atoms with van der Waals surface area (Å²) >= 11 is 0. The summed E-state index contributed by atoms with van der Waals surface area (Å²) < 4.78 is 0. The number of piperidine rings is 1. The quantitative estimate of drug-likeness (QED) is 0.789. The molecule has 1 aliphatic rings. The van der Waals surface area contributed by atoms with E-state index in [9.17, 15) is 4.79 Å². The van der Waals surface area contributed by atoms with Crippen LogP contribution >= 0.6 is 0 Å². The molecule has 2 heterocycles. The van der Waals surface area contributed by atoms with Crippen molar-refractivity contribution in [3.05, 3.63) is 29.6 Å². The van der Waals surface area contributed by atoms with Gasteiger partial charge < -0.3 is 10.0 Å². The van der Waals surface area contributed by atoms with E-state index >= 15 is 0 Å². The zero-order valence-electron chi connectivity index (χ0n) is 9.39. The summed E-state index contributed by atoms with van der Waals surface area (Å²) in [5.74, 6) is 0.462. The van der Waals surface area contributed by atoms with Crippen molar-refractivity contribution in [2.75, 3.05) is 13.1 Å². The molecule has 0 spiro atoms. The molecule has 4 nitrogen and oxygen atoms in total. The lowest BCUT2D eigenvalue weighted by molar-refractivity contribution is 0.132. The maximum atomic E-state index is 10.8. The largest absolute Gasteiger partial charge is 0.465 e. The maximum Gasteiger partial charge on any atom is 0.407 e. The van der Waals surface area contributed by atoms with Crippen LogP contribution in [0.25, 0.3) is 0 Å². The van der Waals surface area contributed by atoms with Gasteiger partial charge in [-0.2, -0.15) is 0 Å². The number of carbonyl (C=O) groups is 1. The molecule has 2 rings (SSSR count). The fourth-order valence-corrected chi connectivity index (χ4v) is 2.31. The summed E-state index contributed by atoms with van der Waals surface area (Å²) in [5, 5.41) is 8.86. The van der Waals surface area contributed by atoms with Crippen molar-refractivity contribution in [2.24, 2.45) is 0 Å². The van der Waals surface area contributed by atoms with Crippen molar-refractivity contribution in [1.82, 2.24) is 9.88 Å². The van der Waals surface area contributed by atoms with Crippen molar-refractivity contribution in [1.29, 1.82) is 0 Å². The molecule has 1 amide bonds. The minimum Gasteiger partial charge on any atom is -0.465 e. The Morgan fingerprint density at radius 1 is 1.50 bits per heavy atom. The van der Waals surface area contributed by atoms with E-state index in [0.29, 0.717) is 19.0 Å². The second-order valence-electron chi connectivity index (χ2n) is 4.22. The van der Waals surface area contributed by atoms with E-state index in [1.54, 1.807) is 6.20 Å². The normalized spacial score (nSPS) is 17.4. The van der Waals surface area contributed by atoms with Crippen molar-refractivity contribution >= 4 is 6.09 Å². The Morgan fingerprint density at radius 2 is 2.19 bits per heavy atom. The molecule has 0 bridgehead atoms. The zero-order chi connectivity index (χ0) is 11.5. The third-order valence-electron chi connectivity index (χ3n) is 3.25. The van der Waals surface area contributed by atoms with Crippen LogP contribution in [0.2, 0.25) is 0 Å². The van der Waals surface area contributed by atoms with Crippen LogP contribution in [0.4, 0.5) is 4.79 Å². The van der Waals surface area contributed by atoms with Gasteiger partial charge in [0.25, 0.3) is 0 Å². The van der Waals surface area contributed by atoms with E-state index in [0.717, 1.165) is 18.5 Å². The number of pyridine rings is 1. The van der Waals surface area contributed by atoms with Gasteiger partial charge in [0, 0.05) is 25.0 Å². The molecule has 0 radical (unpaired) electrons. The molecule has 1 aromatic rings. The fraction of sp³-hybridized carbons (Fsp3) is 0.500. The molecule has 0 atom stereocenters. The number of rotatable bonds is 1. The molecule has 0 aliphatic carbocycles.